The number of unbranched alkanes of at least 4 members (excludes halogenated alkanes) is 1. The van der Waals surface area contributed by atoms with Crippen LogP contribution >= 0.6 is 0 Å². The minimum absolute atomic E-state index is 0.112. The minimum atomic E-state index is -4.49. The Morgan fingerprint density at radius 2 is 1.44 bits per heavy atom. The Bertz CT molecular complexity index is 2110. The van der Waals surface area contributed by atoms with Gasteiger partial charge in [0, 0.05) is 57.0 Å². The Hall–Kier alpha value is -5.54. The number of Topliss-reactive ketones (excluding diaryl/α,β-unsaturated/α-hetero) is 3. The highest BCUT2D eigenvalue weighted by Crippen LogP contribution is 2.32. The zero-order valence-corrected chi connectivity index (χ0v) is 41.2. The molecule has 0 aromatic heterocycles. The van der Waals surface area contributed by atoms with E-state index >= 15 is 8.78 Å². The lowest BCUT2D eigenvalue weighted by Crippen LogP contribution is -2.55. The second-order valence-corrected chi connectivity index (χ2v) is 20.0. The number of likely N-dealkylation sites (tertiary alicyclic amines) is 1. The third kappa shape index (κ3) is 15.5. The summed E-state index contributed by atoms with van der Waals surface area (Å²) in [5.41, 5.74) is 1.98. The highest BCUT2D eigenvalue weighted by atomic mass is 19.3. The molecule has 0 saturated carbocycles. The average Bonchev–Trinajstić information content (AvgIpc) is 3.71. The van der Waals surface area contributed by atoms with Crippen molar-refractivity contribution in [3.8, 4) is 0 Å². The molecule has 2 aromatic rings. The fourth-order valence-electron chi connectivity index (χ4n) is 8.75. The number of nitrogens with one attached hydrogen (secondary N) is 2. The second-order valence-electron chi connectivity index (χ2n) is 20.0. The van der Waals surface area contributed by atoms with Gasteiger partial charge in [0.2, 0.25) is 17.6 Å². The number of hydrogen-bond donors (Lipinski definition) is 2. The molecule has 2 heterocycles. The van der Waals surface area contributed by atoms with Gasteiger partial charge in [0.15, 0.2) is 5.78 Å². The highest BCUT2D eigenvalue weighted by molar-refractivity contribution is 6.09. The SMILES string of the molecule is CCC[C@H](CC(=O)[C@@H]1C[C@@H](OC(=O)N2CCc3ccccc3C2)CN1C(=O)[C@@H](NC(=O)[C@@H](CC(=O)CCCCC(=O)OC(C)(C)C)C(C)C)C(C)C)C(=O)C(F)(F)C(=O)N[C@@H](C)c1ccccc1. The van der Waals surface area contributed by atoms with Gasteiger partial charge in [0.25, 0.3) is 5.91 Å². The summed E-state index contributed by atoms with van der Waals surface area (Å²) in [6.07, 6.45) is -0.911. The molecule has 2 N–H and O–H groups in total. The third-order valence-corrected chi connectivity index (χ3v) is 12.6. The van der Waals surface area contributed by atoms with Crippen molar-refractivity contribution < 1.29 is 56.6 Å². The molecule has 374 valence electrons. The maximum atomic E-state index is 15.8. The molecule has 0 aliphatic carbocycles. The van der Waals surface area contributed by atoms with Crippen LogP contribution < -0.4 is 10.6 Å². The zero-order valence-electron chi connectivity index (χ0n) is 41.2. The van der Waals surface area contributed by atoms with Crippen molar-refractivity contribution in [1.82, 2.24) is 20.4 Å². The van der Waals surface area contributed by atoms with Gasteiger partial charge < -0.3 is 29.9 Å². The smallest absolute Gasteiger partial charge is 0.410 e. The summed E-state index contributed by atoms with van der Waals surface area (Å²) in [5.74, 6) is -13.8. The van der Waals surface area contributed by atoms with E-state index in [0.717, 1.165) is 11.1 Å². The van der Waals surface area contributed by atoms with Crippen LogP contribution in [0.5, 0.6) is 0 Å². The van der Waals surface area contributed by atoms with Crippen LogP contribution in [0.3, 0.4) is 0 Å². The first-order chi connectivity index (χ1) is 31.9. The van der Waals surface area contributed by atoms with Gasteiger partial charge in [0.05, 0.1) is 18.6 Å². The molecule has 0 spiro atoms. The lowest BCUT2D eigenvalue weighted by Gasteiger charge is -2.32. The third-order valence-electron chi connectivity index (χ3n) is 12.6. The Morgan fingerprint density at radius 1 is 0.809 bits per heavy atom. The Kier molecular flexibility index (Phi) is 20.0. The van der Waals surface area contributed by atoms with E-state index in [1.165, 1.54) is 16.7 Å². The van der Waals surface area contributed by atoms with Gasteiger partial charge in [-0.05, 0) is 81.9 Å². The number of esters is 1. The maximum absolute atomic E-state index is 15.8. The van der Waals surface area contributed by atoms with Crippen molar-refractivity contribution in [2.24, 2.45) is 23.7 Å². The lowest BCUT2D eigenvalue weighted by molar-refractivity contribution is -0.162. The largest absolute Gasteiger partial charge is 0.460 e. The molecule has 4 rings (SSSR count). The topological polar surface area (TPSA) is 186 Å². The maximum Gasteiger partial charge on any atom is 0.410 e. The lowest BCUT2D eigenvalue weighted by atomic mass is 9.87. The van der Waals surface area contributed by atoms with Crippen LogP contribution in [-0.2, 0) is 56.0 Å². The summed E-state index contributed by atoms with van der Waals surface area (Å²) in [7, 11) is 0. The van der Waals surface area contributed by atoms with E-state index in [0.29, 0.717) is 31.4 Å². The van der Waals surface area contributed by atoms with Crippen LogP contribution in [0.15, 0.2) is 54.6 Å². The predicted octanol–water partition coefficient (Wildman–Crippen LogP) is 7.88. The first-order valence-electron chi connectivity index (χ1n) is 24.1. The molecule has 68 heavy (non-hydrogen) atoms. The van der Waals surface area contributed by atoms with Crippen molar-refractivity contribution in [2.75, 3.05) is 13.1 Å². The molecule has 0 unspecified atom stereocenters. The summed E-state index contributed by atoms with van der Waals surface area (Å²) in [4.78, 5) is 111. The number of halogens is 2. The number of ether oxygens (including phenoxy) is 2. The van der Waals surface area contributed by atoms with Crippen LogP contribution in [0.4, 0.5) is 13.6 Å². The number of hydrogen-bond acceptors (Lipinski definition) is 10. The van der Waals surface area contributed by atoms with Gasteiger partial charge in [-0.1, -0.05) is 95.6 Å². The van der Waals surface area contributed by atoms with Crippen molar-refractivity contribution in [3.05, 3.63) is 71.3 Å². The van der Waals surface area contributed by atoms with Gasteiger partial charge in [-0.25, -0.2) is 4.79 Å². The molecule has 16 heteroatoms. The number of carbonyl (C=O) groups excluding carboxylic acids is 8. The van der Waals surface area contributed by atoms with Gasteiger partial charge in [-0.3, -0.25) is 33.6 Å². The van der Waals surface area contributed by atoms with Crippen molar-refractivity contribution in [1.29, 1.82) is 0 Å². The molecular weight excluding hydrogens is 879 g/mol. The summed E-state index contributed by atoms with van der Waals surface area (Å²) < 4.78 is 42.8. The average molecular weight is 951 g/mol. The number of ketones is 3. The summed E-state index contributed by atoms with van der Waals surface area (Å²) in [6.45, 7) is 15.8. The van der Waals surface area contributed by atoms with Gasteiger partial charge in [-0.2, -0.15) is 8.78 Å². The highest BCUT2D eigenvalue weighted by Gasteiger charge is 2.52. The van der Waals surface area contributed by atoms with Crippen molar-refractivity contribution in [2.45, 2.75) is 169 Å². The quantitative estimate of drug-likeness (QED) is 0.0631. The number of carbonyl (C=O) groups is 8. The van der Waals surface area contributed by atoms with Crippen LogP contribution in [-0.4, -0.2) is 99.7 Å². The zero-order chi connectivity index (χ0) is 50.5. The van der Waals surface area contributed by atoms with Crippen LogP contribution in [0.25, 0.3) is 0 Å². The summed E-state index contributed by atoms with van der Waals surface area (Å²) >= 11 is 0. The monoisotopic (exact) mass is 951 g/mol. The van der Waals surface area contributed by atoms with E-state index in [1.54, 1.807) is 85.7 Å². The van der Waals surface area contributed by atoms with E-state index in [9.17, 15) is 38.4 Å². The summed E-state index contributed by atoms with van der Waals surface area (Å²) in [5, 5.41) is 5.05. The molecule has 14 nitrogen and oxygen atoms in total. The van der Waals surface area contributed by atoms with Crippen LogP contribution in [0.2, 0.25) is 0 Å². The molecule has 2 aliphatic rings. The first-order valence-corrected chi connectivity index (χ1v) is 24.1. The van der Waals surface area contributed by atoms with Crippen LogP contribution in [0, 0.1) is 23.7 Å². The number of nitrogens with zero attached hydrogens (tertiary/aromatic N) is 2. The minimum Gasteiger partial charge on any atom is -0.460 e. The predicted molar refractivity (Wildman–Crippen MR) is 251 cm³/mol. The number of rotatable bonds is 23. The first kappa shape index (κ1) is 55.1. The fraction of sp³-hybridized carbons (Fsp3) is 0.615. The van der Waals surface area contributed by atoms with Gasteiger partial charge in [0.1, 0.15) is 23.5 Å². The molecule has 0 radical (unpaired) electrons. The standard InChI is InChI=1S/C52H72F2N4O10/c1-10-18-37(46(62)52(53,54)49(65)55-34(6)35-19-12-11-13-20-35)27-43(60)42-29-40(67-50(66)57-26-25-36-21-14-15-22-38(36)30-57)31-58(42)48(64)45(33(4)5)56-47(63)41(32(2)3)28-39(59)23-16-17-24-44(61)68-51(7,8)9/h11-15,19-22,32-34,37,40-42,45H,10,16-18,23-31H2,1-9H3,(H,55,65)(H,56,63)/t34-,37+,40+,41-,42-,45-/m0/s1. The van der Waals surface area contributed by atoms with E-state index in [2.05, 4.69) is 10.6 Å². The molecule has 1 saturated heterocycles. The Labute approximate surface area is 400 Å². The van der Waals surface area contributed by atoms with Gasteiger partial charge in [-0.15, -0.1) is 0 Å². The van der Waals surface area contributed by atoms with E-state index in [4.69, 9.17) is 9.47 Å². The van der Waals surface area contributed by atoms with Crippen molar-refractivity contribution >= 4 is 47.1 Å². The number of benzene rings is 2. The van der Waals surface area contributed by atoms with E-state index < -0.39 is 95.3 Å². The van der Waals surface area contributed by atoms with E-state index in [1.807, 2.05) is 24.3 Å². The van der Waals surface area contributed by atoms with E-state index in [-0.39, 0.29) is 69.3 Å². The molecule has 2 aromatic carbocycles. The van der Waals surface area contributed by atoms with Gasteiger partial charge >= 0.3 is 18.0 Å². The molecule has 1 fully saturated rings. The Balaban J connectivity index is 1.53. The Morgan fingerprint density at radius 3 is 2.06 bits per heavy atom. The molecule has 2 aliphatic heterocycles. The number of amides is 4. The molecule has 0 bridgehead atoms. The normalized spacial score (nSPS) is 18.0. The molecular formula is C52H72F2N4O10. The van der Waals surface area contributed by atoms with Crippen molar-refractivity contribution in [3.63, 3.8) is 0 Å². The summed E-state index contributed by atoms with van der Waals surface area (Å²) in [6, 6.07) is 12.7. The van der Waals surface area contributed by atoms with Crippen LogP contribution in [0.1, 0.15) is 143 Å². The number of alkyl halides is 2. The fourth-order valence-corrected chi connectivity index (χ4v) is 8.75. The molecule has 6 atom stereocenters. The molecule has 4 amide bonds. The number of fused-ring (bicyclic) bond motifs is 1. The second kappa shape index (κ2) is 24.7.